The zero-order chi connectivity index (χ0) is 13.0. The second-order valence-corrected chi connectivity index (χ2v) is 6.18. The highest BCUT2D eigenvalue weighted by molar-refractivity contribution is 6.05. The van der Waals surface area contributed by atoms with Crippen molar-refractivity contribution in [1.82, 2.24) is 0 Å². The maximum atomic E-state index is 11.9. The van der Waals surface area contributed by atoms with E-state index in [4.69, 9.17) is 5.73 Å². The summed E-state index contributed by atoms with van der Waals surface area (Å²) in [5.41, 5.74) is 9.08. The number of amides is 1. The van der Waals surface area contributed by atoms with E-state index >= 15 is 0 Å². The minimum Gasteiger partial charge on any atom is -0.330 e. The number of nitrogens with one attached hydrogen (secondary N) is 1. The van der Waals surface area contributed by atoms with E-state index < -0.39 is 5.41 Å². The van der Waals surface area contributed by atoms with E-state index in [0.29, 0.717) is 6.54 Å². The van der Waals surface area contributed by atoms with Crippen LogP contribution in [0.25, 0.3) is 0 Å². The molecule has 0 atom stereocenters. The average molecular weight is 244 g/mol. The Morgan fingerprint density at radius 1 is 1.33 bits per heavy atom. The van der Waals surface area contributed by atoms with Gasteiger partial charge < -0.3 is 11.1 Å². The molecule has 1 aromatic carbocycles. The summed E-state index contributed by atoms with van der Waals surface area (Å²) in [7, 11) is 0. The monoisotopic (exact) mass is 244 g/mol. The van der Waals surface area contributed by atoms with Gasteiger partial charge in [-0.2, -0.15) is 0 Å². The molecule has 0 radical (unpaired) electrons. The number of hydrogen-bond acceptors (Lipinski definition) is 2. The van der Waals surface area contributed by atoms with Crippen LogP contribution in [0.3, 0.4) is 0 Å². The molecule has 1 saturated carbocycles. The predicted octanol–water partition coefficient (Wildman–Crippen LogP) is 2.30. The number of carbonyl (C=O) groups is 1. The van der Waals surface area contributed by atoms with Crippen molar-refractivity contribution in [2.24, 2.45) is 5.73 Å². The van der Waals surface area contributed by atoms with Crippen LogP contribution in [0.5, 0.6) is 0 Å². The lowest BCUT2D eigenvalue weighted by atomic mass is 9.64. The van der Waals surface area contributed by atoms with Crippen LogP contribution in [0.1, 0.15) is 44.2 Å². The van der Waals surface area contributed by atoms with Gasteiger partial charge in [-0.15, -0.1) is 0 Å². The molecule has 1 heterocycles. The van der Waals surface area contributed by atoms with Gasteiger partial charge in [0, 0.05) is 17.6 Å². The van der Waals surface area contributed by atoms with Gasteiger partial charge in [0.25, 0.3) is 0 Å². The molecule has 2 aliphatic rings. The van der Waals surface area contributed by atoms with Crippen LogP contribution in [-0.2, 0) is 15.6 Å². The van der Waals surface area contributed by atoms with Crippen LogP contribution in [0.15, 0.2) is 18.2 Å². The molecule has 3 N–H and O–H groups in total. The van der Waals surface area contributed by atoms with Crippen molar-refractivity contribution in [3.63, 3.8) is 0 Å². The van der Waals surface area contributed by atoms with E-state index in [1.165, 1.54) is 24.8 Å². The number of anilines is 1. The molecule has 1 amide bonds. The second kappa shape index (κ2) is 3.58. The smallest absolute Gasteiger partial charge is 0.234 e. The maximum absolute atomic E-state index is 11.9. The highest BCUT2D eigenvalue weighted by Gasteiger charge is 2.42. The third kappa shape index (κ3) is 1.37. The van der Waals surface area contributed by atoms with Gasteiger partial charge in [-0.25, -0.2) is 0 Å². The molecular weight excluding hydrogens is 224 g/mol. The predicted molar refractivity (Wildman–Crippen MR) is 72.7 cm³/mol. The molecule has 96 valence electrons. The summed E-state index contributed by atoms with van der Waals surface area (Å²) >= 11 is 0. The summed E-state index contributed by atoms with van der Waals surface area (Å²) in [4.78, 5) is 11.9. The molecule has 0 unspecified atom stereocenters. The summed E-state index contributed by atoms with van der Waals surface area (Å²) in [6.45, 7) is 4.66. The number of nitrogens with two attached hydrogens (primary N) is 1. The van der Waals surface area contributed by atoms with Crippen molar-refractivity contribution >= 4 is 11.6 Å². The zero-order valence-corrected chi connectivity index (χ0v) is 11.0. The zero-order valence-electron chi connectivity index (χ0n) is 11.0. The van der Waals surface area contributed by atoms with Crippen LogP contribution in [0.2, 0.25) is 0 Å². The molecule has 3 heteroatoms. The molecule has 18 heavy (non-hydrogen) atoms. The van der Waals surface area contributed by atoms with Gasteiger partial charge in [-0.1, -0.05) is 18.6 Å². The van der Waals surface area contributed by atoms with Crippen LogP contribution in [0, 0.1) is 0 Å². The largest absolute Gasteiger partial charge is 0.330 e. The maximum Gasteiger partial charge on any atom is 0.234 e. The van der Waals surface area contributed by atoms with Crippen LogP contribution in [0.4, 0.5) is 5.69 Å². The summed E-state index contributed by atoms with van der Waals surface area (Å²) in [5.74, 6) is 0.0880. The molecule has 3 nitrogen and oxygen atoms in total. The molecule has 0 saturated heterocycles. The molecule has 0 spiro atoms. The minimum atomic E-state index is -0.426. The van der Waals surface area contributed by atoms with E-state index in [1.54, 1.807) is 0 Å². The Bertz CT molecular complexity index is 510. The van der Waals surface area contributed by atoms with Gasteiger partial charge in [0.2, 0.25) is 5.91 Å². The van der Waals surface area contributed by atoms with E-state index in [9.17, 15) is 4.79 Å². The van der Waals surface area contributed by atoms with E-state index in [-0.39, 0.29) is 11.3 Å². The van der Waals surface area contributed by atoms with Crippen LogP contribution >= 0.6 is 0 Å². The molecule has 1 fully saturated rings. The quantitative estimate of drug-likeness (QED) is 0.838. The van der Waals surface area contributed by atoms with Gasteiger partial charge in [-0.05, 0) is 43.9 Å². The van der Waals surface area contributed by atoms with Crippen LogP contribution in [-0.4, -0.2) is 12.5 Å². The second-order valence-electron chi connectivity index (χ2n) is 6.18. The Labute approximate surface area is 108 Å². The van der Waals surface area contributed by atoms with Gasteiger partial charge in [0.1, 0.15) is 0 Å². The van der Waals surface area contributed by atoms with Crippen LogP contribution < -0.4 is 11.1 Å². The first kappa shape index (κ1) is 11.7. The number of hydrogen-bond donors (Lipinski definition) is 2. The number of carbonyl (C=O) groups excluding carboxylic acids is 1. The summed E-state index contributed by atoms with van der Waals surface area (Å²) < 4.78 is 0. The Kier molecular flexibility index (Phi) is 2.33. The molecule has 1 aliphatic heterocycles. The molecular formula is C15H20N2O. The van der Waals surface area contributed by atoms with Crippen molar-refractivity contribution in [2.45, 2.75) is 43.9 Å². The fourth-order valence-corrected chi connectivity index (χ4v) is 3.12. The lowest BCUT2D eigenvalue weighted by Crippen LogP contribution is -2.41. The van der Waals surface area contributed by atoms with E-state index in [1.807, 2.05) is 19.9 Å². The van der Waals surface area contributed by atoms with Crippen molar-refractivity contribution in [2.75, 3.05) is 11.9 Å². The van der Waals surface area contributed by atoms with Gasteiger partial charge >= 0.3 is 0 Å². The molecule has 0 bridgehead atoms. The first-order chi connectivity index (χ1) is 8.49. The first-order valence-corrected chi connectivity index (χ1v) is 6.66. The van der Waals surface area contributed by atoms with E-state index in [2.05, 4.69) is 17.4 Å². The molecule has 1 aliphatic carbocycles. The highest BCUT2D eigenvalue weighted by atomic mass is 16.2. The molecule has 0 aromatic heterocycles. The fourth-order valence-electron chi connectivity index (χ4n) is 3.12. The Hall–Kier alpha value is -1.35. The number of rotatable bonds is 2. The topological polar surface area (TPSA) is 55.1 Å². The molecule has 1 aromatic rings. The highest BCUT2D eigenvalue weighted by Crippen LogP contribution is 2.46. The first-order valence-electron chi connectivity index (χ1n) is 6.66. The van der Waals surface area contributed by atoms with Crippen molar-refractivity contribution in [1.29, 1.82) is 0 Å². The summed E-state index contributed by atoms with van der Waals surface area (Å²) in [6, 6.07) is 6.36. The van der Waals surface area contributed by atoms with Gasteiger partial charge in [0.15, 0.2) is 0 Å². The summed E-state index contributed by atoms with van der Waals surface area (Å²) in [5, 5.41) is 2.95. The van der Waals surface area contributed by atoms with Gasteiger partial charge in [-0.3, -0.25) is 4.79 Å². The fraction of sp³-hybridized carbons (Fsp3) is 0.533. The lowest BCUT2D eigenvalue weighted by molar-refractivity contribution is -0.119. The molecule has 3 rings (SSSR count). The Morgan fingerprint density at radius 3 is 2.61 bits per heavy atom. The SMILES string of the molecule is CC1(C)C(=O)Nc2ccc(C3(CN)CCC3)cc21. The standard InChI is InChI=1S/C15H20N2O/c1-14(2)11-8-10(15(9-16)6-3-7-15)4-5-12(11)17-13(14)18/h4-5,8H,3,6-7,9,16H2,1-2H3,(H,17,18). The number of benzene rings is 1. The van der Waals surface area contributed by atoms with Crippen molar-refractivity contribution in [3.05, 3.63) is 29.3 Å². The summed E-state index contributed by atoms with van der Waals surface area (Å²) in [6.07, 6.45) is 3.60. The minimum absolute atomic E-state index is 0.0880. The van der Waals surface area contributed by atoms with Crippen molar-refractivity contribution < 1.29 is 4.79 Å². The Balaban J connectivity index is 2.07. The normalized spacial score (nSPS) is 23.2. The Morgan fingerprint density at radius 2 is 2.06 bits per heavy atom. The number of fused-ring (bicyclic) bond motifs is 1. The van der Waals surface area contributed by atoms with E-state index in [0.717, 1.165) is 11.3 Å². The third-order valence-electron chi connectivity index (χ3n) is 4.82. The van der Waals surface area contributed by atoms with Gasteiger partial charge in [0.05, 0.1) is 5.41 Å². The third-order valence-corrected chi connectivity index (χ3v) is 4.82. The van der Waals surface area contributed by atoms with Crippen molar-refractivity contribution in [3.8, 4) is 0 Å². The average Bonchev–Trinajstić information content (AvgIpc) is 2.50. The lowest BCUT2D eigenvalue weighted by Gasteiger charge is -2.42.